The van der Waals surface area contributed by atoms with Crippen LogP contribution in [0, 0.1) is 5.41 Å². The Morgan fingerprint density at radius 3 is 2.16 bits per heavy atom. The van der Waals surface area contributed by atoms with Crippen LogP contribution in [0.25, 0.3) is 0 Å². The van der Waals surface area contributed by atoms with Gasteiger partial charge < -0.3 is 46.2 Å². The van der Waals surface area contributed by atoms with Gasteiger partial charge >= 0.3 is 30.0 Å². The first-order valence-corrected chi connectivity index (χ1v) is 18.8. The molecule has 0 unspecified atom stereocenters. The highest BCUT2D eigenvalue weighted by Gasteiger charge is 2.46. The lowest BCUT2D eigenvalue weighted by Gasteiger charge is -2.34. The van der Waals surface area contributed by atoms with Crippen LogP contribution in [0.4, 0.5) is 30.8 Å². The Morgan fingerprint density at radius 2 is 1.54 bits per heavy atom. The number of carboxylic acids is 1. The highest BCUT2D eigenvalue weighted by molar-refractivity contribution is 6.35. The summed E-state index contributed by atoms with van der Waals surface area (Å²) in [6.07, 6.45) is -1.48. The molecule has 1 aromatic heterocycles. The van der Waals surface area contributed by atoms with Crippen molar-refractivity contribution in [2.24, 2.45) is 5.41 Å². The molecule has 0 radical (unpaired) electrons. The fourth-order valence-electron chi connectivity index (χ4n) is 6.41. The number of carbonyl (C=O) groups excluding carboxylic acids is 3. The summed E-state index contributed by atoms with van der Waals surface area (Å²) in [6, 6.07) is 10.9. The molecule has 3 aromatic rings. The van der Waals surface area contributed by atoms with Crippen LogP contribution >= 0.6 is 11.6 Å². The fraction of sp³-hybridized carbons (Fsp3) is 0.486. The van der Waals surface area contributed by atoms with Gasteiger partial charge in [0.2, 0.25) is 11.9 Å². The predicted molar refractivity (Wildman–Crippen MR) is 202 cm³/mol. The Bertz CT molecular complexity index is 1920. The number of nitrogens with one attached hydrogen (secondary N) is 5. The number of anilines is 3. The van der Waals surface area contributed by atoms with E-state index < -0.39 is 54.1 Å². The highest BCUT2D eigenvalue weighted by Crippen LogP contribution is 2.48. The van der Waals surface area contributed by atoms with Gasteiger partial charge in [0.05, 0.1) is 5.54 Å². The molecular formula is C37H44ClF3N10O6. The summed E-state index contributed by atoms with van der Waals surface area (Å²) in [5, 5.41) is 23.9. The second-order valence-corrected chi connectivity index (χ2v) is 15.2. The standard InChI is InChI=1S/C37H44ClF3N10O6/c1-50-16-18-51(19-17-50)21-35(11-12-35)20-43-30(54)29(53)42-15-10-27(31(55)56)45-28(52)23-2-8-26(9-3-23)44-32-46-33(48-34(47-32)57-22-37(39,40)41)49-36(13-14-36)24-4-6-25(38)7-5-24/h2-9,27H,10-22H2,1H3,(H,42,53)(H,43,54)(H,45,52)(H,55,56)(H2,44,46,47,48,49)/t27-/m0/s1. The first kappa shape index (κ1) is 41.4. The van der Waals surface area contributed by atoms with E-state index in [4.69, 9.17) is 16.3 Å². The number of alkyl halides is 3. The molecule has 57 heavy (non-hydrogen) atoms. The maximum absolute atomic E-state index is 13.0. The van der Waals surface area contributed by atoms with Crippen molar-refractivity contribution >= 4 is 52.9 Å². The number of hydrogen-bond donors (Lipinski definition) is 6. The Balaban J connectivity index is 0.998. The third kappa shape index (κ3) is 11.9. The number of aromatic nitrogens is 3. The number of halogens is 4. The van der Waals surface area contributed by atoms with Crippen molar-refractivity contribution in [2.45, 2.75) is 49.9 Å². The molecule has 1 saturated heterocycles. The Hall–Kier alpha value is -5.27. The first-order chi connectivity index (χ1) is 27.1. The molecule has 2 saturated carbocycles. The number of carbonyl (C=O) groups is 4. The molecule has 2 aliphatic carbocycles. The second-order valence-electron chi connectivity index (χ2n) is 14.8. The molecule has 3 aliphatic rings. The van der Waals surface area contributed by atoms with Crippen molar-refractivity contribution in [3.05, 3.63) is 64.7 Å². The van der Waals surface area contributed by atoms with Crippen LogP contribution in [-0.2, 0) is 19.9 Å². The fourth-order valence-corrected chi connectivity index (χ4v) is 6.54. The van der Waals surface area contributed by atoms with Crippen molar-refractivity contribution in [3.8, 4) is 6.01 Å². The third-order valence-corrected chi connectivity index (χ3v) is 10.4. The maximum atomic E-state index is 13.0. The number of amides is 3. The first-order valence-electron chi connectivity index (χ1n) is 18.5. The van der Waals surface area contributed by atoms with E-state index in [1.807, 2.05) is 12.1 Å². The molecule has 16 nitrogen and oxygen atoms in total. The van der Waals surface area contributed by atoms with Gasteiger partial charge in [-0.2, -0.15) is 28.1 Å². The molecule has 2 heterocycles. The van der Waals surface area contributed by atoms with Crippen molar-refractivity contribution in [2.75, 3.05) is 70.1 Å². The molecule has 2 aromatic carbocycles. The van der Waals surface area contributed by atoms with Gasteiger partial charge in [0.25, 0.3) is 5.91 Å². The average molecular weight is 817 g/mol. The van der Waals surface area contributed by atoms with Crippen molar-refractivity contribution < 1.29 is 42.2 Å². The Labute approximate surface area is 331 Å². The van der Waals surface area contributed by atoms with E-state index in [2.05, 4.69) is 58.4 Å². The maximum Gasteiger partial charge on any atom is 0.422 e. The van der Waals surface area contributed by atoms with E-state index in [9.17, 15) is 37.5 Å². The summed E-state index contributed by atoms with van der Waals surface area (Å²) in [5.41, 5.74) is 0.722. The van der Waals surface area contributed by atoms with Gasteiger partial charge in [0.1, 0.15) is 6.04 Å². The zero-order chi connectivity index (χ0) is 40.8. The minimum absolute atomic E-state index is 0.0342. The van der Waals surface area contributed by atoms with E-state index in [-0.39, 0.29) is 35.8 Å². The lowest BCUT2D eigenvalue weighted by molar-refractivity contribution is -0.154. The van der Waals surface area contributed by atoms with E-state index >= 15 is 0 Å². The quantitative estimate of drug-likeness (QED) is 0.109. The SMILES string of the molecule is CN1CCN(CC2(CNC(=O)C(=O)NCC[C@H](NC(=O)c3ccc(Nc4nc(NC5(c6ccc(Cl)cc6)CC5)nc(OCC(F)(F)F)n4)cc3)C(=O)O)CC2)CC1. The molecular weight excluding hydrogens is 773 g/mol. The zero-order valence-electron chi connectivity index (χ0n) is 31.1. The summed E-state index contributed by atoms with van der Waals surface area (Å²) < 4.78 is 43.7. The molecule has 1 atom stereocenters. The van der Waals surface area contributed by atoms with Crippen LogP contribution in [-0.4, -0.2) is 125 Å². The number of piperazine rings is 1. The van der Waals surface area contributed by atoms with E-state index in [0.717, 1.165) is 51.1 Å². The van der Waals surface area contributed by atoms with E-state index in [1.54, 1.807) is 12.1 Å². The molecule has 6 rings (SSSR count). The Morgan fingerprint density at radius 1 is 0.895 bits per heavy atom. The van der Waals surface area contributed by atoms with Crippen LogP contribution < -0.4 is 31.3 Å². The minimum atomic E-state index is -4.64. The van der Waals surface area contributed by atoms with Gasteiger partial charge in [0, 0.05) is 67.5 Å². The minimum Gasteiger partial charge on any atom is -0.480 e. The molecule has 20 heteroatoms. The van der Waals surface area contributed by atoms with E-state index in [0.29, 0.717) is 30.1 Å². The smallest absolute Gasteiger partial charge is 0.422 e. The molecule has 1 aliphatic heterocycles. The van der Waals surface area contributed by atoms with Crippen LogP contribution in [0.3, 0.4) is 0 Å². The van der Waals surface area contributed by atoms with Gasteiger partial charge in [-0.15, -0.1) is 0 Å². The number of rotatable bonds is 17. The molecule has 0 bridgehead atoms. The lowest BCUT2D eigenvalue weighted by Crippen LogP contribution is -2.49. The summed E-state index contributed by atoms with van der Waals surface area (Å²) >= 11 is 6.03. The summed E-state index contributed by atoms with van der Waals surface area (Å²) in [7, 11) is 2.08. The normalized spacial score (nSPS) is 17.8. The number of likely N-dealkylation sites (N-methyl/N-ethyl adjacent to an activating group) is 1. The number of ether oxygens (including phenoxy) is 1. The zero-order valence-corrected chi connectivity index (χ0v) is 31.9. The third-order valence-electron chi connectivity index (χ3n) is 10.1. The molecule has 0 spiro atoms. The Kier molecular flexibility index (Phi) is 12.7. The summed E-state index contributed by atoms with van der Waals surface area (Å²) in [5.74, 6) is -3.94. The average Bonchev–Trinajstić information content (AvgIpc) is 4.11. The number of carboxylic acid groups (broad SMARTS) is 1. The molecule has 3 amide bonds. The number of nitrogens with zero attached hydrogens (tertiary/aromatic N) is 5. The van der Waals surface area contributed by atoms with Crippen molar-refractivity contribution in [3.63, 3.8) is 0 Å². The van der Waals surface area contributed by atoms with Gasteiger partial charge in [-0.05, 0) is 81.1 Å². The molecule has 6 N–H and O–H groups in total. The largest absolute Gasteiger partial charge is 0.480 e. The highest BCUT2D eigenvalue weighted by atomic mass is 35.5. The van der Waals surface area contributed by atoms with Crippen LogP contribution in [0.2, 0.25) is 5.02 Å². The van der Waals surface area contributed by atoms with Gasteiger partial charge in [-0.3, -0.25) is 14.4 Å². The summed E-state index contributed by atoms with van der Waals surface area (Å²) in [4.78, 5) is 66.8. The second kappa shape index (κ2) is 17.5. The van der Waals surface area contributed by atoms with E-state index in [1.165, 1.54) is 24.3 Å². The van der Waals surface area contributed by atoms with Crippen molar-refractivity contribution in [1.82, 2.24) is 40.7 Å². The molecule has 3 fully saturated rings. The topological polar surface area (TPSA) is 203 Å². The number of hydrogen-bond acceptors (Lipinski definition) is 12. The lowest BCUT2D eigenvalue weighted by atomic mass is 10.1. The number of aliphatic carboxylic acids is 1. The molecule has 306 valence electrons. The van der Waals surface area contributed by atoms with Gasteiger partial charge in [-0.1, -0.05) is 23.7 Å². The monoisotopic (exact) mass is 816 g/mol. The van der Waals surface area contributed by atoms with Gasteiger partial charge in [-0.25, -0.2) is 4.79 Å². The van der Waals surface area contributed by atoms with Crippen molar-refractivity contribution in [1.29, 1.82) is 0 Å². The van der Waals surface area contributed by atoms with Crippen LogP contribution in [0.1, 0.15) is 48.0 Å². The van der Waals surface area contributed by atoms with Crippen LogP contribution in [0.15, 0.2) is 48.5 Å². The van der Waals surface area contributed by atoms with Crippen LogP contribution in [0.5, 0.6) is 6.01 Å². The van der Waals surface area contributed by atoms with Gasteiger partial charge in [0.15, 0.2) is 6.61 Å². The number of benzene rings is 2. The summed E-state index contributed by atoms with van der Waals surface area (Å²) in [6.45, 7) is 3.32. The predicted octanol–water partition coefficient (Wildman–Crippen LogP) is 3.14.